The van der Waals surface area contributed by atoms with Gasteiger partial charge in [-0.2, -0.15) is 0 Å². The van der Waals surface area contributed by atoms with Crippen LogP contribution in [-0.2, 0) is 4.79 Å². The van der Waals surface area contributed by atoms with E-state index < -0.39 is 0 Å². The summed E-state index contributed by atoms with van der Waals surface area (Å²) in [4.78, 5) is 21.1. The number of carbonyl (C=O) groups is 1. The lowest BCUT2D eigenvalue weighted by molar-refractivity contribution is -0.104. The second kappa shape index (κ2) is 13.0. The number of rotatable bonds is 8. The maximum Gasteiger partial charge on any atom is 0.150 e. The van der Waals surface area contributed by atoms with E-state index in [1.54, 1.807) is 24.3 Å². The molecule has 0 aromatic heterocycles. The van der Waals surface area contributed by atoms with E-state index in [1.165, 1.54) is 12.1 Å². The van der Waals surface area contributed by atoms with E-state index in [-0.39, 0.29) is 11.4 Å². The van der Waals surface area contributed by atoms with Crippen LogP contribution in [0.3, 0.4) is 0 Å². The molecule has 0 saturated carbocycles. The van der Waals surface area contributed by atoms with E-state index in [9.17, 15) is 14.8 Å². The van der Waals surface area contributed by atoms with Gasteiger partial charge in [-0.1, -0.05) is 62.9 Å². The van der Waals surface area contributed by atoms with Crippen LogP contribution >= 0.6 is 0 Å². The molecule has 0 unspecified atom stereocenters. The molecule has 0 saturated heterocycles. The quantitative estimate of drug-likeness (QED) is 0.227. The molecule has 0 spiro atoms. The highest BCUT2D eigenvalue weighted by molar-refractivity contribution is 5.77. The zero-order valence-electron chi connectivity index (χ0n) is 13.6. The van der Waals surface area contributed by atoms with E-state index in [2.05, 4.69) is 11.8 Å². The van der Waals surface area contributed by atoms with E-state index in [1.807, 2.05) is 32.1 Å². The van der Waals surface area contributed by atoms with Gasteiger partial charge in [-0.25, -0.2) is 0 Å². The SMILES string of the molecule is C=C/C=C(C=O)\C=C/CC/C=C/c1ccc(O)c(N=O)c1.CC. The fourth-order valence-corrected chi connectivity index (χ4v) is 1.62. The first-order valence-corrected chi connectivity index (χ1v) is 7.48. The molecule has 1 N–H and O–H groups in total. The number of phenolic OH excluding ortho intramolecular Hbond substituents is 1. The molecule has 1 rings (SSSR count). The molecule has 0 aliphatic rings. The normalized spacial score (nSPS) is 11.1. The molecule has 0 bridgehead atoms. The van der Waals surface area contributed by atoms with E-state index in [0.717, 1.165) is 24.7 Å². The highest BCUT2D eigenvalue weighted by Crippen LogP contribution is 2.27. The van der Waals surface area contributed by atoms with Gasteiger partial charge < -0.3 is 5.11 Å². The molecule has 0 aliphatic heterocycles. The molecule has 0 atom stereocenters. The Bertz CT molecular complexity index is 599. The predicted octanol–water partition coefficient (Wildman–Crippen LogP) is 5.48. The largest absolute Gasteiger partial charge is 0.506 e. The molecule has 23 heavy (non-hydrogen) atoms. The fourth-order valence-electron chi connectivity index (χ4n) is 1.62. The molecule has 0 amide bonds. The van der Waals surface area contributed by atoms with Gasteiger partial charge in [0.2, 0.25) is 0 Å². The number of carbonyl (C=O) groups excluding carboxylic acids is 1. The third kappa shape index (κ3) is 8.31. The highest BCUT2D eigenvalue weighted by Gasteiger charge is 2.00. The maximum absolute atomic E-state index is 10.7. The van der Waals surface area contributed by atoms with Gasteiger partial charge in [0, 0.05) is 5.57 Å². The molecular formula is C19H23NO3. The standard InChI is InChI=1S/C17H17NO3.C2H6/c1-2-7-15(13-19)9-6-4-3-5-8-14-10-11-17(20)16(12-14)18-21;1-2/h2,5-13,20H,1,3-4H2;1-2H3/b8-5+,9-6-,15-7+;. The molecule has 1 aromatic rings. The average Bonchev–Trinajstić information content (AvgIpc) is 2.60. The van der Waals surface area contributed by atoms with Crippen LogP contribution in [0.2, 0.25) is 0 Å². The number of hydrogen-bond donors (Lipinski definition) is 1. The number of hydrogen-bond acceptors (Lipinski definition) is 4. The topological polar surface area (TPSA) is 66.7 Å². The second-order valence-electron chi connectivity index (χ2n) is 4.24. The number of nitrogens with zero attached hydrogens (tertiary/aromatic N) is 1. The van der Waals surface area contributed by atoms with Gasteiger partial charge in [-0.3, -0.25) is 4.79 Å². The van der Waals surface area contributed by atoms with Crippen molar-refractivity contribution in [1.82, 2.24) is 0 Å². The minimum absolute atomic E-state index is 0.0298. The maximum atomic E-state index is 10.7. The first-order valence-electron chi connectivity index (χ1n) is 7.48. The smallest absolute Gasteiger partial charge is 0.150 e. The van der Waals surface area contributed by atoms with Gasteiger partial charge in [-0.05, 0) is 35.7 Å². The van der Waals surface area contributed by atoms with Crippen molar-refractivity contribution in [2.75, 3.05) is 0 Å². The average molecular weight is 313 g/mol. The number of aromatic hydroxyl groups is 1. The summed E-state index contributed by atoms with van der Waals surface area (Å²) in [7, 11) is 0. The van der Waals surface area contributed by atoms with Crippen LogP contribution in [0.1, 0.15) is 32.3 Å². The molecule has 0 heterocycles. The van der Waals surface area contributed by atoms with Crippen molar-refractivity contribution in [1.29, 1.82) is 0 Å². The Balaban J connectivity index is 0.00000232. The number of unbranched alkanes of at least 4 members (excludes halogenated alkanes) is 1. The Morgan fingerprint density at radius 3 is 2.57 bits per heavy atom. The Morgan fingerprint density at radius 2 is 1.96 bits per heavy atom. The Morgan fingerprint density at radius 1 is 1.26 bits per heavy atom. The van der Waals surface area contributed by atoms with Crippen LogP contribution in [0.15, 0.2) is 65.9 Å². The molecule has 4 nitrogen and oxygen atoms in total. The van der Waals surface area contributed by atoms with E-state index >= 15 is 0 Å². The monoisotopic (exact) mass is 313 g/mol. The van der Waals surface area contributed by atoms with Gasteiger partial charge in [0.25, 0.3) is 0 Å². The summed E-state index contributed by atoms with van der Waals surface area (Å²) in [5.74, 6) is -0.125. The lowest BCUT2D eigenvalue weighted by Gasteiger charge is -1.97. The van der Waals surface area contributed by atoms with Gasteiger partial charge >= 0.3 is 0 Å². The van der Waals surface area contributed by atoms with Crippen molar-refractivity contribution in [3.8, 4) is 5.75 Å². The van der Waals surface area contributed by atoms with Crippen molar-refractivity contribution < 1.29 is 9.90 Å². The third-order valence-corrected chi connectivity index (χ3v) is 2.66. The van der Waals surface area contributed by atoms with Gasteiger partial charge in [0.1, 0.15) is 17.7 Å². The predicted molar refractivity (Wildman–Crippen MR) is 96.7 cm³/mol. The minimum atomic E-state index is -0.125. The first-order chi connectivity index (χ1) is 11.2. The van der Waals surface area contributed by atoms with Crippen molar-refractivity contribution in [3.63, 3.8) is 0 Å². The van der Waals surface area contributed by atoms with Crippen LogP contribution in [0.4, 0.5) is 5.69 Å². The van der Waals surface area contributed by atoms with Gasteiger partial charge in [-0.15, -0.1) is 4.91 Å². The van der Waals surface area contributed by atoms with Crippen LogP contribution in [-0.4, -0.2) is 11.4 Å². The molecular weight excluding hydrogens is 290 g/mol. The number of benzene rings is 1. The lowest BCUT2D eigenvalue weighted by Crippen LogP contribution is -1.77. The molecule has 122 valence electrons. The molecule has 0 aliphatic carbocycles. The van der Waals surface area contributed by atoms with E-state index in [0.29, 0.717) is 5.57 Å². The van der Waals surface area contributed by atoms with Crippen LogP contribution < -0.4 is 0 Å². The highest BCUT2D eigenvalue weighted by atomic mass is 16.3. The summed E-state index contributed by atoms with van der Waals surface area (Å²) >= 11 is 0. The Labute approximate surface area is 137 Å². The summed E-state index contributed by atoms with van der Waals surface area (Å²) < 4.78 is 0. The van der Waals surface area contributed by atoms with Gasteiger partial charge in [0.05, 0.1) is 0 Å². The summed E-state index contributed by atoms with van der Waals surface area (Å²) in [5, 5.41) is 12.1. The van der Waals surface area contributed by atoms with Crippen LogP contribution in [0.25, 0.3) is 6.08 Å². The van der Waals surface area contributed by atoms with E-state index in [4.69, 9.17) is 0 Å². The Kier molecular flexibility index (Phi) is 11.4. The number of phenols is 1. The Hall–Kier alpha value is -2.75. The van der Waals surface area contributed by atoms with Crippen molar-refractivity contribution in [2.24, 2.45) is 5.18 Å². The summed E-state index contributed by atoms with van der Waals surface area (Å²) in [5.41, 5.74) is 1.41. The summed E-state index contributed by atoms with van der Waals surface area (Å²) in [6.07, 6.45) is 13.0. The first kappa shape index (κ1) is 20.2. The molecule has 0 radical (unpaired) electrons. The number of allylic oxidation sites excluding steroid dienone is 6. The van der Waals surface area contributed by atoms with Crippen LogP contribution in [0.5, 0.6) is 5.75 Å². The summed E-state index contributed by atoms with van der Waals surface area (Å²) in [6.45, 7) is 7.53. The van der Waals surface area contributed by atoms with Crippen molar-refractivity contribution >= 4 is 18.0 Å². The summed E-state index contributed by atoms with van der Waals surface area (Å²) in [6, 6.07) is 4.66. The van der Waals surface area contributed by atoms with Gasteiger partial charge in [0.15, 0.2) is 0 Å². The molecule has 1 aromatic carbocycles. The zero-order valence-corrected chi connectivity index (χ0v) is 13.6. The molecule has 4 heteroatoms. The van der Waals surface area contributed by atoms with Crippen molar-refractivity contribution in [3.05, 3.63) is 71.2 Å². The lowest BCUT2D eigenvalue weighted by atomic mass is 10.1. The van der Waals surface area contributed by atoms with Crippen molar-refractivity contribution in [2.45, 2.75) is 26.7 Å². The van der Waals surface area contributed by atoms with Crippen LogP contribution in [0, 0.1) is 4.91 Å². The minimum Gasteiger partial charge on any atom is -0.506 e. The fraction of sp³-hybridized carbons (Fsp3) is 0.211. The number of aldehydes is 1. The zero-order chi connectivity index (χ0) is 17.5. The number of nitroso groups, excluding NO2 is 1. The second-order valence-corrected chi connectivity index (χ2v) is 4.24. The molecule has 0 fully saturated rings. The third-order valence-electron chi connectivity index (χ3n) is 2.66.